The SMILES string of the molecule is CCN(CC)C(=O)N1CCCC(c2cc(NCc3cccnc3)n3ncc(Br)c3n2)C1. The van der Waals surface area contributed by atoms with Gasteiger partial charge in [0.2, 0.25) is 0 Å². The predicted molar refractivity (Wildman–Crippen MR) is 124 cm³/mol. The molecule has 0 aromatic carbocycles. The summed E-state index contributed by atoms with van der Waals surface area (Å²) in [6.45, 7) is 7.63. The van der Waals surface area contributed by atoms with E-state index in [2.05, 4.69) is 37.4 Å². The zero-order valence-corrected chi connectivity index (χ0v) is 19.5. The van der Waals surface area contributed by atoms with Crippen LogP contribution in [0.15, 0.2) is 41.3 Å². The molecule has 3 aromatic rings. The van der Waals surface area contributed by atoms with Crippen LogP contribution in [0, 0.1) is 0 Å². The van der Waals surface area contributed by atoms with Crippen molar-refractivity contribution in [3.63, 3.8) is 0 Å². The number of urea groups is 1. The number of anilines is 1. The third-order valence-electron chi connectivity index (χ3n) is 5.79. The maximum atomic E-state index is 12.9. The number of piperidine rings is 1. The van der Waals surface area contributed by atoms with Gasteiger partial charge >= 0.3 is 6.03 Å². The third kappa shape index (κ3) is 4.66. The fourth-order valence-electron chi connectivity index (χ4n) is 4.07. The molecule has 0 radical (unpaired) electrons. The summed E-state index contributed by atoms with van der Waals surface area (Å²) in [5.41, 5.74) is 2.85. The maximum absolute atomic E-state index is 12.9. The molecule has 2 amide bonds. The number of hydrogen-bond donors (Lipinski definition) is 1. The number of hydrogen-bond acceptors (Lipinski definition) is 5. The van der Waals surface area contributed by atoms with Gasteiger partial charge < -0.3 is 15.1 Å². The van der Waals surface area contributed by atoms with Crippen LogP contribution in [0.1, 0.15) is 43.9 Å². The van der Waals surface area contributed by atoms with Crippen molar-refractivity contribution in [1.29, 1.82) is 0 Å². The molecule has 9 heteroatoms. The highest BCUT2D eigenvalue weighted by Gasteiger charge is 2.28. The minimum absolute atomic E-state index is 0.122. The number of rotatable bonds is 6. The lowest BCUT2D eigenvalue weighted by Crippen LogP contribution is -2.47. The van der Waals surface area contributed by atoms with Gasteiger partial charge in [0.25, 0.3) is 0 Å². The largest absolute Gasteiger partial charge is 0.366 e. The highest BCUT2D eigenvalue weighted by atomic mass is 79.9. The Labute approximate surface area is 190 Å². The number of fused-ring (bicyclic) bond motifs is 1. The number of aromatic nitrogens is 4. The summed E-state index contributed by atoms with van der Waals surface area (Å²) in [7, 11) is 0. The van der Waals surface area contributed by atoms with Crippen molar-refractivity contribution in [2.24, 2.45) is 0 Å². The average molecular weight is 486 g/mol. The number of nitrogens with one attached hydrogen (secondary N) is 1. The Morgan fingerprint density at radius 1 is 1.32 bits per heavy atom. The molecule has 4 heterocycles. The van der Waals surface area contributed by atoms with E-state index < -0.39 is 0 Å². The molecule has 31 heavy (non-hydrogen) atoms. The molecule has 1 N–H and O–H groups in total. The lowest BCUT2D eigenvalue weighted by atomic mass is 9.94. The first-order valence-electron chi connectivity index (χ1n) is 10.8. The minimum atomic E-state index is 0.122. The number of carbonyl (C=O) groups is 1. The molecule has 3 aromatic heterocycles. The topological polar surface area (TPSA) is 78.7 Å². The zero-order chi connectivity index (χ0) is 21.8. The average Bonchev–Trinajstić information content (AvgIpc) is 3.19. The summed E-state index contributed by atoms with van der Waals surface area (Å²) in [4.78, 5) is 25.8. The van der Waals surface area contributed by atoms with Crippen LogP contribution in [0.2, 0.25) is 0 Å². The van der Waals surface area contributed by atoms with Gasteiger partial charge in [0.1, 0.15) is 5.82 Å². The Bertz CT molecular complexity index is 1040. The molecule has 1 atom stereocenters. The van der Waals surface area contributed by atoms with Crippen molar-refractivity contribution in [2.75, 3.05) is 31.5 Å². The van der Waals surface area contributed by atoms with E-state index in [0.717, 1.165) is 59.7 Å². The van der Waals surface area contributed by atoms with Crippen LogP contribution < -0.4 is 5.32 Å². The quantitative estimate of drug-likeness (QED) is 0.567. The Morgan fingerprint density at radius 2 is 2.16 bits per heavy atom. The molecule has 0 bridgehead atoms. The molecule has 164 valence electrons. The first kappa shape index (κ1) is 21.5. The second-order valence-corrected chi connectivity index (χ2v) is 8.60. The van der Waals surface area contributed by atoms with Crippen molar-refractivity contribution in [3.8, 4) is 0 Å². The molecule has 4 rings (SSSR count). The molecule has 1 saturated heterocycles. The molecule has 8 nitrogen and oxygen atoms in total. The Balaban J connectivity index is 1.59. The lowest BCUT2D eigenvalue weighted by molar-refractivity contribution is 0.142. The highest BCUT2D eigenvalue weighted by molar-refractivity contribution is 9.10. The van der Waals surface area contributed by atoms with Crippen LogP contribution in [0.4, 0.5) is 10.6 Å². The minimum Gasteiger partial charge on any atom is -0.366 e. The van der Waals surface area contributed by atoms with E-state index in [0.29, 0.717) is 13.1 Å². The Kier molecular flexibility index (Phi) is 6.70. The lowest BCUT2D eigenvalue weighted by Gasteiger charge is -2.35. The summed E-state index contributed by atoms with van der Waals surface area (Å²) in [6.07, 6.45) is 7.37. The fourth-order valence-corrected chi connectivity index (χ4v) is 4.42. The third-order valence-corrected chi connectivity index (χ3v) is 6.35. The summed E-state index contributed by atoms with van der Waals surface area (Å²) >= 11 is 3.57. The van der Waals surface area contributed by atoms with Crippen LogP contribution >= 0.6 is 15.9 Å². The molecule has 1 unspecified atom stereocenters. The van der Waals surface area contributed by atoms with Gasteiger partial charge in [-0.1, -0.05) is 6.07 Å². The van der Waals surface area contributed by atoms with E-state index >= 15 is 0 Å². The summed E-state index contributed by atoms with van der Waals surface area (Å²) in [6, 6.07) is 6.16. The van der Waals surface area contributed by atoms with Crippen LogP contribution in [-0.2, 0) is 6.54 Å². The zero-order valence-electron chi connectivity index (χ0n) is 18.0. The van der Waals surface area contributed by atoms with Crippen molar-refractivity contribution in [2.45, 2.75) is 39.2 Å². The van der Waals surface area contributed by atoms with Crippen molar-refractivity contribution in [3.05, 3.63) is 52.5 Å². The van der Waals surface area contributed by atoms with E-state index in [4.69, 9.17) is 4.98 Å². The van der Waals surface area contributed by atoms with Crippen LogP contribution in [0.5, 0.6) is 0 Å². The second kappa shape index (κ2) is 9.64. The molecule has 1 aliphatic heterocycles. The van der Waals surface area contributed by atoms with E-state index in [1.54, 1.807) is 12.4 Å². The summed E-state index contributed by atoms with van der Waals surface area (Å²) in [5, 5.41) is 7.94. The molecular formula is C22H28BrN7O. The van der Waals surface area contributed by atoms with Gasteiger partial charge in [-0.15, -0.1) is 0 Å². The predicted octanol–water partition coefficient (Wildman–Crippen LogP) is 4.14. The molecule has 1 aliphatic rings. The standard InChI is InChI=1S/C22H28BrN7O/c1-3-28(4-2)22(31)29-10-6-8-17(15-29)19-11-20(25-13-16-7-5-9-24-12-16)30-21(27-19)18(23)14-26-30/h5,7,9,11-12,14,17,25H,3-4,6,8,10,13,15H2,1-2H3. The van der Waals surface area contributed by atoms with Gasteiger partial charge in [0.05, 0.1) is 16.4 Å². The first-order valence-corrected chi connectivity index (χ1v) is 11.6. The van der Waals surface area contributed by atoms with Crippen molar-refractivity contribution in [1.82, 2.24) is 29.4 Å². The maximum Gasteiger partial charge on any atom is 0.319 e. The van der Waals surface area contributed by atoms with E-state index in [9.17, 15) is 4.79 Å². The number of halogens is 1. The van der Waals surface area contributed by atoms with Crippen LogP contribution in [-0.4, -0.2) is 61.6 Å². The van der Waals surface area contributed by atoms with Gasteiger partial charge in [0.15, 0.2) is 5.65 Å². The van der Waals surface area contributed by atoms with E-state index in [1.165, 1.54) is 0 Å². The van der Waals surface area contributed by atoms with Gasteiger partial charge in [-0.05, 0) is 54.2 Å². The van der Waals surface area contributed by atoms with Gasteiger partial charge in [-0.2, -0.15) is 9.61 Å². The first-order chi connectivity index (χ1) is 15.1. The van der Waals surface area contributed by atoms with Gasteiger partial charge in [-0.3, -0.25) is 4.98 Å². The molecule has 0 saturated carbocycles. The highest BCUT2D eigenvalue weighted by Crippen LogP contribution is 2.30. The van der Waals surface area contributed by atoms with Crippen LogP contribution in [0.3, 0.4) is 0 Å². The van der Waals surface area contributed by atoms with E-state index in [1.807, 2.05) is 46.5 Å². The summed E-state index contributed by atoms with van der Waals surface area (Å²) in [5.74, 6) is 1.07. The molecular weight excluding hydrogens is 458 g/mol. The number of carbonyl (C=O) groups excluding carboxylic acids is 1. The number of likely N-dealkylation sites (tertiary alicyclic amines) is 1. The van der Waals surface area contributed by atoms with Crippen molar-refractivity contribution < 1.29 is 4.79 Å². The number of pyridine rings is 1. The molecule has 0 aliphatic carbocycles. The van der Waals surface area contributed by atoms with E-state index in [-0.39, 0.29) is 11.9 Å². The fraction of sp³-hybridized carbons (Fsp3) is 0.455. The number of nitrogens with zero attached hydrogens (tertiary/aromatic N) is 6. The monoisotopic (exact) mass is 485 g/mol. The van der Waals surface area contributed by atoms with Gasteiger partial charge in [-0.25, -0.2) is 9.78 Å². The number of amides is 2. The van der Waals surface area contributed by atoms with Gasteiger partial charge in [0, 0.05) is 57.1 Å². The Morgan fingerprint density at radius 3 is 2.90 bits per heavy atom. The van der Waals surface area contributed by atoms with Crippen molar-refractivity contribution >= 4 is 33.4 Å². The Hall–Kier alpha value is -2.68. The summed E-state index contributed by atoms with van der Waals surface area (Å²) < 4.78 is 2.66. The molecule has 0 spiro atoms. The smallest absolute Gasteiger partial charge is 0.319 e. The van der Waals surface area contributed by atoms with Crippen LogP contribution in [0.25, 0.3) is 5.65 Å². The normalized spacial score (nSPS) is 16.5. The second-order valence-electron chi connectivity index (χ2n) is 7.75. The molecule has 1 fully saturated rings.